The van der Waals surface area contributed by atoms with E-state index < -0.39 is 40.3 Å². The molecule has 0 radical (unpaired) electrons. The summed E-state index contributed by atoms with van der Waals surface area (Å²) in [7, 11) is 0. The molecule has 0 aromatic heterocycles. The molecule has 0 heterocycles. The Bertz CT molecular complexity index is 850. The molecular formula is C28H46O6. The van der Waals surface area contributed by atoms with E-state index in [1.54, 1.807) is 13.0 Å². The lowest BCUT2D eigenvalue weighted by molar-refractivity contribution is -0.177. The van der Waals surface area contributed by atoms with Crippen LogP contribution in [-0.4, -0.2) is 60.8 Å². The van der Waals surface area contributed by atoms with Crippen molar-refractivity contribution in [2.24, 2.45) is 40.4 Å². The Kier molecular flexibility index (Phi) is 6.47. The minimum Gasteiger partial charge on any atom is -0.390 e. The fourth-order valence-corrected chi connectivity index (χ4v) is 8.40. The zero-order valence-corrected chi connectivity index (χ0v) is 21.8. The summed E-state index contributed by atoms with van der Waals surface area (Å²) >= 11 is 0. The van der Waals surface area contributed by atoms with Crippen LogP contribution in [0.25, 0.3) is 0 Å². The Morgan fingerprint density at radius 2 is 1.74 bits per heavy atom. The number of hydrogen-bond acceptors (Lipinski definition) is 6. The van der Waals surface area contributed by atoms with Crippen LogP contribution in [0.3, 0.4) is 0 Å². The number of carbonyl (C=O) groups excluding carboxylic acids is 1. The van der Waals surface area contributed by atoms with Gasteiger partial charge in [0, 0.05) is 11.3 Å². The third-order valence-electron chi connectivity index (χ3n) is 11.2. The highest BCUT2D eigenvalue weighted by atomic mass is 16.3. The van der Waals surface area contributed by atoms with Gasteiger partial charge in [-0.15, -0.1) is 0 Å². The number of fused-ring (bicyclic) bond motifs is 5. The lowest BCUT2D eigenvalue weighted by Crippen LogP contribution is -2.62. The SMILES string of the molecule is CC(C)[C@@H](C)C[C@@H](O)[C@](C)(O)[C@@H]1CC[C@@]2(O)C3=CC(=O)[C@@H]4C[C@@H](O)[C@@H](O)C[C@]4(C)[C@H]3CC[C@]12C. The highest BCUT2D eigenvalue weighted by molar-refractivity contribution is 5.95. The van der Waals surface area contributed by atoms with E-state index in [-0.39, 0.29) is 35.9 Å². The zero-order valence-electron chi connectivity index (χ0n) is 21.8. The predicted molar refractivity (Wildman–Crippen MR) is 130 cm³/mol. The second kappa shape index (κ2) is 8.37. The van der Waals surface area contributed by atoms with Crippen molar-refractivity contribution in [3.8, 4) is 0 Å². The molecule has 0 amide bonds. The van der Waals surface area contributed by atoms with Gasteiger partial charge < -0.3 is 25.5 Å². The van der Waals surface area contributed by atoms with Crippen molar-refractivity contribution >= 4 is 5.78 Å². The molecule has 4 rings (SSSR count). The number of aliphatic hydroxyl groups is 5. The van der Waals surface area contributed by atoms with Gasteiger partial charge in [-0.05, 0) is 92.6 Å². The normalized spacial score (nSPS) is 47.8. The van der Waals surface area contributed by atoms with Crippen molar-refractivity contribution in [2.45, 2.75) is 116 Å². The smallest absolute Gasteiger partial charge is 0.159 e. The first-order valence-corrected chi connectivity index (χ1v) is 13.3. The summed E-state index contributed by atoms with van der Waals surface area (Å²) < 4.78 is 0. The van der Waals surface area contributed by atoms with Gasteiger partial charge in [-0.25, -0.2) is 0 Å². The van der Waals surface area contributed by atoms with Gasteiger partial charge in [-0.2, -0.15) is 0 Å². The van der Waals surface area contributed by atoms with Gasteiger partial charge in [0.15, 0.2) is 5.78 Å². The molecule has 6 heteroatoms. The van der Waals surface area contributed by atoms with Crippen LogP contribution < -0.4 is 0 Å². The van der Waals surface area contributed by atoms with Crippen molar-refractivity contribution in [1.29, 1.82) is 0 Å². The molecule has 34 heavy (non-hydrogen) atoms. The summed E-state index contributed by atoms with van der Waals surface area (Å²) in [6.45, 7) is 12.1. The molecule has 0 saturated heterocycles. The fourth-order valence-electron chi connectivity index (χ4n) is 8.40. The van der Waals surface area contributed by atoms with E-state index in [0.717, 1.165) is 12.0 Å². The van der Waals surface area contributed by atoms with Crippen LogP contribution in [0.15, 0.2) is 11.6 Å². The van der Waals surface area contributed by atoms with Crippen molar-refractivity contribution in [3.05, 3.63) is 11.6 Å². The predicted octanol–water partition coefficient (Wildman–Crippen LogP) is 2.99. The Labute approximate surface area is 204 Å². The number of allylic oxidation sites excluding steroid dienone is 1. The third kappa shape index (κ3) is 3.58. The molecule has 0 bridgehead atoms. The first kappa shape index (κ1) is 26.3. The quantitative estimate of drug-likeness (QED) is 0.415. The molecule has 3 saturated carbocycles. The second-order valence-corrected chi connectivity index (χ2v) is 13.3. The van der Waals surface area contributed by atoms with Crippen molar-refractivity contribution in [3.63, 3.8) is 0 Å². The average molecular weight is 479 g/mol. The molecule has 0 aliphatic heterocycles. The highest BCUT2D eigenvalue weighted by Gasteiger charge is 2.69. The first-order valence-electron chi connectivity index (χ1n) is 13.3. The standard InChI is InChI=1S/C28H46O6/c1-15(2)16(3)11-24(32)27(6,33)23-8-10-28(34)18-12-20(29)19-13-21(30)22(31)14-25(19,4)17(18)7-9-26(23,28)5/h12,15-17,19,21-24,30-34H,7-11,13-14H2,1-6H3/t16-,17-,19-,21+,22-,23+,24+,25+,26+,27+,28+/m0/s1. The highest BCUT2D eigenvalue weighted by Crippen LogP contribution is 2.68. The van der Waals surface area contributed by atoms with E-state index in [4.69, 9.17) is 0 Å². The van der Waals surface area contributed by atoms with E-state index in [0.29, 0.717) is 38.0 Å². The molecule has 6 nitrogen and oxygen atoms in total. The van der Waals surface area contributed by atoms with E-state index >= 15 is 0 Å². The van der Waals surface area contributed by atoms with E-state index in [2.05, 4.69) is 20.8 Å². The third-order valence-corrected chi connectivity index (χ3v) is 11.2. The van der Waals surface area contributed by atoms with Gasteiger partial charge in [0.05, 0.1) is 29.5 Å². The van der Waals surface area contributed by atoms with Crippen LogP contribution >= 0.6 is 0 Å². The summed E-state index contributed by atoms with van der Waals surface area (Å²) in [5.41, 5.74) is -3.03. The lowest BCUT2D eigenvalue weighted by atomic mass is 9.45. The van der Waals surface area contributed by atoms with Crippen LogP contribution in [0.1, 0.15) is 86.5 Å². The topological polar surface area (TPSA) is 118 Å². The van der Waals surface area contributed by atoms with Crippen LogP contribution in [0.5, 0.6) is 0 Å². The molecule has 0 aromatic carbocycles. The van der Waals surface area contributed by atoms with Crippen LogP contribution in [0.2, 0.25) is 0 Å². The zero-order chi connectivity index (χ0) is 25.4. The van der Waals surface area contributed by atoms with Gasteiger partial charge in [-0.3, -0.25) is 4.79 Å². The number of hydrogen-bond donors (Lipinski definition) is 5. The van der Waals surface area contributed by atoms with E-state index in [1.165, 1.54) is 0 Å². The van der Waals surface area contributed by atoms with Crippen LogP contribution in [-0.2, 0) is 4.79 Å². The summed E-state index contributed by atoms with van der Waals surface area (Å²) in [6.07, 6.45) is 2.51. The largest absolute Gasteiger partial charge is 0.390 e. The maximum Gasteiger partial charge on any atom is 0.159 e. The second-order valence-electron chi connectivity index (χ2n) is 13.3. The summed E-state index contributed by atoms with van der Waals surface area (Å²) in [6, 6.07) is 0. The first-order chi connectivity index (χ1) is 15.6. The van der Waals surface area contributed by atoms with Gasteiger partial charge in [0.2, 0.25) is 0 Å². The summed E-state index contributed by atoms with van der Waals surface area (Å²) in [5.74, 6) is -0.126. The summed E-state index contributed by atoms with van der Waals surface area (Å²) in [4.78, 5) is 13.3. The number of carbonyl (C=O) groups is 1. The Morgan fingerprint density at radius 1 is 1.09 bits per heavy atom. The van der Waals surface area contributed by atoms with Crippen molar-refractivity contribution in [1.82, 2.24) is 0 Å². The summed E-state index contributed by atoms with van der Waals surface area (Å²) in [5, 5.41) is 55.8. The number of rotatable bonds is 5. The molecule has 11 atom stereocenters. The molecule has 4 aliphatic carbocycles. The van der Waals surface area contributed by atoms with Crippen LogP contribution in [0.4, 0.5) is 0 Å². The molecule has 3 fully saturated rings. The average Bonchev–Trinajstić information content (AvgIpc) is 3.02. The Balaban J connectivity index is 1.68. The van der Waals surface area contributed by atoms with Gasteiger partial charge >= 0.3 is 0 Å². The monoisotopic (exact) mass is 478 g/mol. The fraction of sp³-hybridized carbons (Fsp3) is 0.893. The maximum atomic E-state index is 13.3. The van der Waals surface area contributed by atoms with E-state index in [1.807, 2.05) is 13.8 Å². The van der Waals surface area contributed by atoms with Crippen LogP contribution in [0, 0.1) is 40.4 Å². The number of aliphatic hydroxyl groups excluding tert-OH is 3. The maximum absolute atomic E-state index is 13.3. The van der Waals surface area contributed by atoms with E-state index in [9.17, 15) is 30.3 Å². The lowest BCUT2D eigenvalue weighted by Gasteiger charge is -2.60. The molecule has 194 valence electrons. The molecule has 5 N–H and O–H groups in total. The Morgan fingerprint density at radius 3 is 2.35 bits per heavy atom. The van der Waals surface area contributed by atoms with Gasteiger partial charge in [0.1, 0.15) is 0 Å². The molecule has 0 spiro atoms. The van der Waals surface area contributed by atoms with Crippen molar-refractivity contribution in [2.75, 3.05) is 0 Å². The number of ketones is 1. The van der Waals surface area contributed by atoms with Gasteiger partial charge in [-0.1, -0.05) is 34.6 Å². The molecule has 0 aromatic rings. The van der Waals surface area contributed by atoms with Gasteiger partial charge in [0.25, 0.3) is 0 Å². The molecule has 0 unspecified atom stereocenters. The minimum atomic E-state index is -1.36. The van der Waals surface area contributed by atoms with Crippen molar-refractivity contribution < 1.29 is 30.3 Å². The Hall–Kier alpha value is -0.790. The molecule has 4 aliphatic rings. The minimum absolute atomic E-state index is 0.0509. The molecular weight excluding hydrogens is 432 g/mol.